The zero-order chi connectivity index (χ0) is 17.8. The first-order valence-electron chi connectivity index (χ1n) is 7.30. The fourth-order valence-corrected chi connectivity index (χ4v) is 2.29. The fourth-order valence-electron chi connectivity index (χ4n) is 2.29. The average Bonchev–Trinajstić information content (AvgIpc) is 3.20. The summed E-state index contributed by atoms with van der Waals surface area (Å²) in [5.41, 5.74) is 1.54. The van der Waals surface area contributed by atoms with E-state index in [0.717, 1.165) is 11.8 Å². The molecule has 11 heteroatoms. The van der Waals surface area contributed by atoms with Gasteiger partial charge in [-0.15, -0.1) is 10.2 Å². The number of carbonyl (C=O) groups excluding carboxylic acids is 1. The van der Waals surface area contributed by atoms with Crippen molar-refractivity contribution in [2.75, 3.05) is 5.32 Å². The van der Waals surface area contributed by atoms with Gasteiger partial charge in [-0.25, -0.2) is 9.55 Å². The van der Waals surface area contributed by atoms with E-state index < -0.39 is 4.92 Å². The van der Waals surface area contributed by atoms with Crippen molar-refractivity contribution >= 4 is 17.4 Å². The zero-order valence-corrected chi connectivity index (χ0v) is 13.2. The molecule has 0 unspecified atom stereocenters. The number of aromatic amines is 1. The highest BCUT2D eigenvalue weighted by molar-refractivity contribution is 5.90. The van der Waals surface area contributed by atoms with Crippen molar-refractivity contribution in [3.8, 4) is 0 Å². The molecular weight excluding hydrogens is 328 g/mol. The molecule has 0 saturated carbocycles. The molecule has 3 rings (SSSR count). The quantitative estimate of drug-likeness (QED) is 0.499. The summed E-state index contributed by atoms with van der Waals surface area (Å²) in [5, 5.41) is 27.3. The van der Waals surface area contributed by atoms with Gasteiger partial charge in [-0.2, -0.15) is 5.21 Å². The molecule has 0 saturated heterocycles. The molecule has 128 valence electrons. The average molecular weight is 342 g/mol. The van der Waals surface area contributed by atoms with Crippen molar-refractivity contribution in [2.45, 2.75) is 19.9 Å². The van der Waals surface area contributed by atoms with Gasteiger partial charge in [-0.05, 0) is 22.6 Å². The van der Waals surface area contributed by atoms with Gasteiger partial charge >= 0.3 is 5.82 Å². The maximum atomic E-state index is 12.1. The number of tetrazole rings is 1. The summed E-state index contributed by atoms with van der Waals surface area (Å²) in [7, 11) is 0. The predicted molar refractivity (Wildman–Crippen MR) is 85.7 cm³/mol. The second-order valence-corrected chi connectivity index (χ2v) is 5.26. The monoisotopic (exact) mass is 342 g/mol. The van der Waals surface area contributed by atoms with Crippen LogP contribution in [0.3, 0.4) is 0 Å². The molecule has 3 aromatic rings. The van der Waals surface area contributed by atoms with Crippen molar-refractivity contribution in [2.24, 2.45) is 0 Å². The number of benzene rings is 1. The molecule has 0 aliphatic carbocycles. The molecule has 1 amide bonds. The van der Waals surface area contributed by atoms with Crippen LogP contribution in [0.1, 0.15) is 17.2 Å². The SMILES string of the molecule is Cc1ncc([N+](=O)[O-])n1CC(=O)Nc1ccc(Cc2nn[nH]n2)cc1. The number of anilines is 1. The molecule has 0 fully saturated rings. The van der Waals surface area contributed by atoms with E-state index in [-0.39, 0.29) is 18.3 Å². The lowest BCUT2D eigenvalue weighted by atomic mass is 10.1. The number of nitrogens with one attached hydrogen (secondary N) is 2. The minimum Gasteiger partial charge on any atom is -0.358 e. The van der Waals surface area contributed by atoms with Gasteiger partial charge in [0.2, 0.25) is 0 Å². The van der Waals surface area contributed by atoms with Gasteiger partial charge in [0.1, 0.15) is 6.20 Å². The molecule has 0 aliphatic rings. The van der Waals surface area contributed by atoms with Crippen LogP contribution in [0.2, 0.25) is 0 Å². The Morgan fingerprint density at radius 3 is 2.76 bits per heavy atom. The highest BCUT2D eigenvalue weighted by atomic mass is 16.6. The summed E-state index contributed by atoms with van der Waals surface area (Å²) >= 11 is 0. The Hall–Kier alpha value is -3.63. The lowest BCUT2D eigenvalue weighted by molar-refractivity contribution is -0.392. The maximum Gasteiger partial charge on any atom is 0.343 e. The Kier molecular flexibility index (Phi) is 4.46. The molecule has 0 aliphatic heterocycles. The van der Waals surface area contributed by atoms with Crippen molar-refractivity contribution in [3.63, 3.8) is 0 Å². The summed E-state index contributed by atoms with van der Waals surface area (Å²) < 4.78 is 1.25. The Balaban J connectivity index is 1.63. The Morgan fingerprint density at radius 1 is 1.36 bits per heavy atom. The maximum absolute atomic E-state index is 12.1. The number of rotatable bonds is 6. The van der Waals surface area contributed by atoms with E-state index in [1.165, 1.54) is 4.57 Å². The summed E-state index contributed by atoms with van der Waals surface area (Å²) in [6.45, 7) is 1.42. The van der Waals surface area contributed by atoms with Crippen LogP contribution in [0.25, 0.3) is 0 Å². The molecule has 0 bridgehead atoms. The number of amides is 1. The number of carbonyl (C=O) groups is 1. The molecule has 2 heterocycles. The van der Waals surface area contributed by atoms with Gasteiger partial charge in [0.05, 0.1) is 0 Å². The van der Waals surface area contributed by atoms with Gasteiger partial charge in [0.25, 0.3) is 5.91 Å². The molecule has 2 N–H and O–H groups in total. The van der Waals surface area contributed by atoms with E-state index in [2.05, 4.69) is 30.9 Å². The van der Waals surface area contributed by atoms with Crippen LogP contribution in [0.15, 0.2) is 30.5 Å². The standard InChI is InChI=1S/C14H14N8O3/c1-9-15-7-14(22(24)25)21(9)8-13(23)16-11-4-2-10(3-5-11)6-12-17-19-20-18-12/h2-5,7H,6,8H2,1H3,(H,16,23)(H,17,18,19,20). The number of nitro groups is 1. The smallest absolute Gasteiger partial charge is 0.343 e. The number of aryl methyl sites for hydroxylation is 1. The van der Waals surface area contributed by atoms with Gasteiger partial charge in [0, 0.05) is 19.0 Å². The Bertz CT molecular complexity index is 885. The number of imidazole rings is 1. The highest BCUT2D eigenvalue weighted by Crippen LogP contribution is 2.15. The first kappa shape index (κ1) is 16.2. The van der Waals surface area contributed by atoms with E-state index in [4.69, 9.17) is 0 Å². The number of hydrogen-bond donors (Lipinski definition) is 2. The van der Waals surface area contributed by atoms with E-state index in [9.17, 15) is 14.9 Å². The van der Waals surface area contributed by atoms with E-state index in [1.807, 2.05) is 12.1 Å². The van der Waals surface area contributed by atoms with Crippen LogP contribution in [-0.4, -0.2) is 41.0 Å². The molecule has 0 atom stereocenters. The number of hydrogen-bond acceptors (Lipinski definition) is 7. The van der Waals surface area contributed by atoms with Gasteiger partial charge < -0.3 is 15.4 Å². The fraction of sp³-hybridized carbons (Fsp3) is 0.214. The molecule has 25 heavy (non-hydrogen) atoms. The van der Waals surface area contributed by atoms with E-state index in [1.54, 1.807) is 19.1 Å². The normalized spacial score (nSPS) is 10.6. The highest BCUT2D eigenvalue weighted by Gasteiger charge is 2.20. The van der Waals surface area contributed by atoms with Crippen LogP contribution in [0.4, 0.5) is 11.5 Å². The van der Waals surface area contributed by atoms with E-state index >= 15 is 0 Å². The molecule has 0 radical (unpaired) electrons. The first-order valence-corrected chi connectivity index (χ1v) is 7.30. The van der Waals surface area contributed by atoms with E-state index in [0.29, 0.717) is 23.8 Å². The number of nitrogens with zero attached hydrogens (tertiary/aromatic N) is 6. The number of H-pyrrole nitrogens is 1. The number of aromatic nitrogens is 6. The molecule has 1 aromatic carbocycles. The van der Waals surface area contributed by atoms with Crippen molar-refractivity contribution in [1.29, 1.82) is 0 Å². The summed E-state index contributed by atoms with van der Waals surface area (Å²) in [6, 6.07) is 7.14. The van der Waals surface area contributed by atoms with Crippen LogP contribution in [0, 0.1) is 17.0 Å². The molecule has 2 aromatic heterocycles. The summed E-state index contributed by atoms with van der Waals surface area (Å²) in [6.07, 6.45) is 1.65. The lowest BCUT2D eigenvalue weighted by Crippen LogP contribution is -2.20. The first-order chi connectivity index (χ1) is 12.0. The van der Waals surface area contributed by atoms with Gasteiger partial charge in [-0.3, -0.25) is 4.79 Å². The van der Waals surface area contributed by atoms with Crippen molar-refractivity contribution < 1.29 is 9.72 Å². The summed E-state index contributed by atoms with van der Waals surface area (Å²) in [5.74, 6) is 0.371. The van der Waals surface area contributed by atoms with Crippen LogP contribution < -0.4 is 5.32 Å². The van der Waals surface area contributed by atoms with Gasteiger partial charge in [-0.1, -0.05) is 17.3 Å². The minimum absolute atomic E-state index is 0.188. The predicted octanol–water partition coefficient (Wildman–Crippen LogP) is 0.842. The Labute approximate surface area is 141 Å². The van der Waals surface area contributed by atoms with Crippen LogP contribution in [-0.2, 0) is 17.8 Å². The second kappa shape index (κ2) is 6.86. The van der Waals surface area contributed by atoms with Gasteiger partial charge in [0.15, 0.2) is 18.2 Å². The third-order valence-corrected chi connectivity index (χ3v) is 3.51. The molecule has 0 spiro atoms. The van der Waals surface area contributed by atoms with Crippen LogP contribution in [0.5, 0.6) is 0 Å². The third kappa shape index (κ3) is 3.83. The zero-order valence-electron chi connectivity index (χ0n) is 13.2. The second-order valence-electron chi connectivity index (χ2n) is 5.26. The largest absolute Gasteiger partial charge is 0.358 e. The van der Waals surface area contributed by atoms with Crippen molar-refractivity contribution in [1.82, 2.24) is 30.2 Å². The Morgan fingerprint density at radius 2 is 2.12 bits per heavy atom. The molecular formula is C14H14N8O3. The molecule has 11 nitrogen and oxygen atoms in total. The topological polar surface area (TPSA) is 145 Å². The third-order valence-electron chi connectivity index (χ3n) is 3.51. The minimum atomic E-state index is -0.569. The summed E-state index contributed by atoms with van der Waals surface area (Å²) in [4.78, 5) is 26.4. The van der Waals surface area contributed by atoms with Crippen LogP contribution >= 0.6 is 0 Å². The lowest BCUT2D eigenvalue weighted by Gasteiger charge is -2.06. The van der Waals surface area contributed by atoms with Crippen molar-refractivity contribution in [3.05, 3.63) is 57.8 Å².